The second kappa shape index (κ2) is 3.88. The summed E-state index contributed by atoms with van der Waals surface area (Å²) >= 11 is 5.68. The standard InChI is InChI=1S/C10H9ClO3/c11-10-7(4-6-14-10)9(12)8-3-1-2-5-13-8/h3-4,6H,1-2,5H2. The zero-order valence-corrected chi connectivity index (χ0v) is 8.21. The van der Waals surface area contributed by atoms with Gasteiger partial charge in [0.2, 0.25) is 11.0 Å². The van der Waals surface area contributed by atoms with Crippen LogP contribution in [0.1, 0.15) is 23.2 Å². The predicted molar refractivity (Wildman–Crippen MR) is 51.3 cm³/mol. The van der Waals surface area contributed by atoms with Gasteiger partial charge in [0.25, 0.3) is 0 Å². The third-order valence-electron chi connectivity index (χ3n) is 2.02. The Morgan fingerprint density at radius 2 is 2.36 bits per heavy atom. The largest absolute Gasteiger partial charge is 0.490 e. The van der Waals surface area contributed by atoms with Gasteiger partial charge in [0.05, 0.1) is 18.4 Å². The average Bonchev–Trinajstić information content (AvgIpc) is 2.65. The van der Waals surface area contributed by atoms with Crippen LogP contribution in [0.4, 0.5) is 0 Å². The number of furan rings is 1. The Balaban J connectivity index is 2.23. The fraction of sp³-hybridized carbons (Fsp3) is 0.300. The van der Waals surface area contributed by atoms with E-state index in [1.807, 2.05) is 0 Å². The lowest BCUT2D eigenvalue weighted by atomic mass is 10.1. The van der Waals surface area contributed by atoms with Gasteiger partial charge < -0.3 is 9.15 Å². The lowest BCUT2D eigenvalue weighted by Gasteiger charge is -2.12. The van der Waals surface area contributed by atoms with E-state index in [4.69, 9.17) is 20.8 Å². The van der Waals surface area contributed by atoms with Crippen molar-refractivity contribution in [1.82, 2.24) is 0 Å². The highest BCUT2D eigenvalue weighted by Crippen LogP contribution is 2.22. The minimum Gasteiger partial charge on any atom is -0.490 e. The van der Waals surface area contributed by atoms with E-state index in [0.29, 0.717) is 17.9 Å². The van der Waals surface area contributed by atoms with E-state index >= 15 is 0 Å². The van der Waals surface area contributed by atoms with E-state index < -0.39 is 0 Å². The highest BCUT2D eigenvalue weighted by molar-refractivity contribution is 6.33. The third kappa shape index (κ3) is 1.68. The van der Waals surface area contributed by atoms with Crippen molar-refractivity contribution in [2.45, 2.75) is 12.8 Å². The fourth-order valence-electron chi connectivity index (χ4n) is 1.30. The van der Waals surface area contributed by atoms with Crippen molar-refractivity contribution in [2.24, 2.45) is 0 Å². The molecule has 0 saturated heterocycles. The van der Waals surface area contributed by atoms with Gasteiger partial charge in [-0.2, -0.15) is 0 Å². The number of halogens is 1. The number of rotatable bonds is 2. The normalized spacial score (nSPS) is 15.9. The Labute approximate surface area is 86.3 Å². The summed E-state index contributed by atoms with van der Waals surface area (Å²) in [5.74, 6) is 0.169. The molecule has 0 bridgehead atoms. The molecule has 0 aromatic carbocycles. The number of carbonyl (C=O) groups is 1. The molecule has 1 aromatic rings. The Bertz CT molecular complexity index is 378. The van der Waals surface area contributed by atoms with Gasteiger partial charge in [0.1, 0.15) is 0 Å². The first-order chi connectivity index (χ1) is 6.79. The molecular weight excluding hydrogens is 204 g/mol. The molecule has 0 atom stereocenters. The van der Waals surface area contributed by atoms with Crippen molar-refractivity contribution < 1.29 is 13.9 Å². The lowest BCUT2D eigenvalue weighted by molar-refractivity contribution is 0.0898. The number of ketones is 1. The molecule has 0 aliphatic carbocycles. The monoisotopic (exact) mass is 212 g/mol. The smallest absolute Gasteiger partial charge is 0.232 e. The van der Waals surface area contributed by atoms with Gasteiger partial charge in [-0.25, -0.2) is 0 Å². The molecule has 2 heterocycles. The summed E-state index contributed by atoms with van der Waals surface area (Å²) in [5.41, 5.74) is 0.361. The number of Topliss-reactive ketones (excluding diaryl/α,β-unsaturated/α-hetero) is 1. The van der Waals surface area contributed by atoms with Gasteiger partial charge in [0.15, 0.2) is 5.76 Å². The van der Waals surface area contributed by atoms with Crippen LogP contribution >= 0.6 is 11.6 Å². The molecule has 3 nitrogen and oxygen atoms in total. The summed E-state index contributed by atoms with van der Waals surface area (Å²) in [7, 11) is 0. The van der Waals surface area contributed by atoms with Crippen LogP contribution < -0.4 is 0 Å². The zero-order chi connectivity index (χ0) is 9.97. The third-order valence-corrected chi connectivity index (χ3v) is 2.31. The minimum absolute atomic E-state index is 0.116. The van der Waals surface area contributed by atoms with E-state index in [-0.39, 0.29) is 11.0 Å². The molecule has 0 saturated carbocycles. The van der Waals surface area contributed by atoms with Crippen molar-refractivity contribution in [3.8, 4) is 0 Å². The summed E-state index contributed by atoms with van der Waals surface area (Å²) in [5, 5.41) is 0.116. The van der Waals surface area contributed by atoms with Crippen LogP contribution in [0.3, 0.4) is 0 Å². The van der Waals surface area contributed by atoms with Crippen molar-refractivity contribution >= 4 is 17.4 Å². The molecule has 14 heavy (non-hydrogen) atoms. The number of allylic oxidation sites excluding steroid dienone is 2. The molecule has 0 spiro atoms. The molecule has 0 fully saturated rings. The predicted octanol–water partition coefficient (Wildman–Crippen LogP) is 2.81. The second-order valence-corrected chi connectivity index (χ2v) is 3.34. The molecule has 4 heteroatoms. The van der Waals surface area contributed by atoms with Crippen molar-refractivity contribution in [3.63, 3.8) is 0 Å². The van der Waals surface area contributed by atoms with Crippen molar-refractivity contribution in [1.29, 1.82) is 0 Å². The van der Waals surface area contributed by atoms with Crippen LogP contribution in [0.25, 0.3) is 0 Å². The van der Waals surface area contributed by atoms with Crippen LogP contribution in [-0.2, 0) is 4.74 Å². The van der Waals surface area contributed by atoms with Crippen LogP contribution in [0, 0.1) is 0 Å². The summed E-state index contributed by atoms with van der Waals surface area (Å²) in [6.45, 7) is 0.590. The average molecular weight is 213 g/mol. The molecule has 2 rings (SSSR count). The Hall–Kier alpha value is -1.22. The van der Waals surface area contributed by atoms with Gasteiger partial charge in [-0.3, -0.25) is 4.79 Å². The van der Waals surface area contributed by atoms with E-state index in [1.54, 1.807) is 12.1 Å². The maximum absolute atomic E-state index is 11.7. The zero-order valence-electron chi connectivity index (χ0n) is 7.46. The lowest BCUT2D eigenvalue weighted by Crippen LogP contribution is -2.10. The maximum Gasteiger partial charge on any atom is 0.232 e. The molecule has 1 aromatic heterocycles. The van der Waals surface area contributed by atoms with E-state index in [0.717, 1.165) is 12.8 Å². The second-order valence-electron chi connectivity index (χ2n) is 3.00. The summed E-state index contributed by atoms with van der Waals surface area (Å²) in [6.07, 6.45) is 5.00. The van der Waals surface area contributed by atoms with E-state index in [9.17, 15) is 4.79 Å². The van der Waals surface area contributed by atoms with Crippen LogP contribution in [-0.4, -0.2) is 12.4 Å². The van der Waals surface area contributed by atoms with Crippen molar-refractivity contribution in [3.05, 3.63) is 34.9 Å². The molecule has 0 radical (unpaired) electrons. The summed E-state index contributed by atoms with van der Waals surface area (Å²) < 4.78 is 10.1. The number of ether oxygens (including phenoxy) is 1. The molecule has 1 aliphatic rings. The number of carbonyl (C=O) groups excluding carboxylic acids is 1. The maximum atomic E-state index is 11.7. The van der Waals surface area contributed by atoms with Crippen LogP contribution in [0.2, 0.25) is 5.22 Å². The van der Waals surface area contributed by atoms with Gasteiger partial charge in [-0.05, 0) is 36.6 Å². The molecule has 0 N–H and O–H groups in total. The SMILES string of the molecule is O=C(C1=CCCCO1)c1ccoc1Cl. The molecular formula is C10H9ClO3. The first-order valence-electron chi connectivity index (χ1n) is 4.39. The number of hydrogen-bond donors (Lipinski definition) is 0. The Kier molecular flexibility index (Phi) is 2.59. The summed E-state index contributed by atoms with van der Waals surface area (Å²) in [4.78, 5) is 11.7. The topological polar surface area (TPSA) is 39.4 Å². The van der Waals surface area contributed by atoms with Gasteiger partial charge in [-0.1, -0.05) is 0 Å². The van der Waals surface area contributed by atoms with E-state index in [2.05, 4.69) is 0 Å². The first kappa shape index (κ1) is 9.34. The first-order valence-corrected chi connectivity index (χ1v) is 4.77. The highest BCUT2D eigenvalue weighted by atomic mass is 35.5. The molecule has 0 amide bonds. The van der Waals surface area contributed by atoms with Crippen molar-refractivity contribution in [2.75, 3.05) is 6.61 Å². The van der Waals surface area contributed by atoms with Gasteiger partial charge in [-0.15, -0.1) is 0 Å². The molecule has 1 aliphatic heterocycles. The highest BCUT2D eigenvalue weighted by Gasteiger charge is 2.20. The number of hydrogen-bond acceptors (Lipinski definition) is 3. The summed E-state index contributed by atoms with van der Waals surface area (Å²) in [6, 6.07) is 1.55. The van der Waals surface area contributed by atoms with Crippen LogP contribution in [0.15, 0.2) is 28.6 Å². The molecule has 74 valence electrons. The van der Waals surface area contributed by atoms with Crippen LogP contribution in [0.5, 0.6) is 0 Å². The van der Waals surface area contributed by atoms with E-state index in [1.165, 1.54) is 6.26 Å². The Morgan fingerprint density at radius 1 is 1.50 bits per heavy atom. The minimum atomic E-state index is -0.205. The van der Waals surface area contributed by atoms with Gasteiger partial charge in [0, 0.05) is 0 Å². The van der Waals surface area contributed by atoms with Gasteiger partial charge >= 0.3 is 0 Å². The fourth-order valence-corrected chi connectivity index (χ4v) is 1.50. The molecule has 0 unspecified atom stereocenters. The quantitative estimate of drug-likeness (QED) is 0.708. The Morgan fingerprint density at radius 3 is 2.93 bits per heavy atom.